The third-order valence-corrected chi connectivity index (χ3v) is 4.40. The van der Waals surface area contributed by atoms with Crippen molar-refractivity contribution in [3.8, 4) is 0 Å². The summed E-state index contributed by atoms with van der Waals surface area (Å²) < 4.78 is 1.95. The van der Waals surface area contributed by atoms with E-state index in [0.717, 1.165) is 44.5 Å². The van der Waals surface area contributed by atoms with Gasteiger partial charge in [-0.2, -0.15) is 5.10 Å². The Hall–Kier alpha value is -0.830. The quantitative estimate of drug-likeness (QED) is 0.256. The van der Waals surface area contributed by atoms with Crippen LogP contribution < -0.4 is 10.6 Å². The largest absolute Gasteiger partial charge is 0.357 e. The van der Waals surface area contributed by atoms with Gasteiger partial charge < -0.3 is 15.5 Å². The Labute approximate surface area is 169 Å². The van der Waals surface area contributed by atoms with E-state index < -0.39 is 0 Å². The minimum Gasteiger partial charge on any atom is -0.357 e. The summed E-state index contributed by atoms with van der Waals surface area (Å²) in [7, 11) is 0. The Morgan fingerprint density at radius 2 is 2.16 bits per heavy atom. The van der Waals surface area contributed by atoms with Crippen LogP contribution in [0.5, 0.6) is 0 Å². The summed E-state index contributed by atoms with van der Waals surface area (Å²) in [5.74, 6) is 1.80. The zero-order valence-corrected chi connectivity index (χ0v) is 18.1. The third kappa shape index (κ3) is 9.44. The van der Waals surface area contributed by atoms with E-state index in [2.05, 4.69) is 39.5 Å². The van der Waals surface area contributed by atoms with Gasteiger partial charge in [-0.05, 0) is 57.7 Å². The van der Waals surface area contributed by atoms with Crippen LogP contribution in [0.1, 0.15) is 39.5 Å². The Kier molecular flexibility index (Phi) is 11.9. The summed E-state index contributed by atoms with van der Waals surface area (Å²) in [6.07, 6.45) is 8.74. The van der Waals surface area contributed by atoms with Crippen molar-refractivity contribution in [1.82, 2.24) is 25.3 Å². The molecular formula is C18H35IN6. The first-order valence-corrected chi connectivity index (χ1v) is 9.50. The maximum atomic E-state index is 4.65. The molecular weight excluding hydrogens is 427 g/mol. The summed E-state index contributed by atoms with van der Waals surface area (Å²) in [5, 5.41) is 11.0. The van der Waals surface area contributed by atoms with Gasteiger partial charge in [-0.3, -0.25) is 9.67 Å². The molecule has 0 saturated carbocycles. The van der Waals surface area contributed by atoms with Crippen molar-refractivity contribution in [2.45, 2.75) is 46.1 Å². The molecule has 1 saturated heterocycles. The highest BCUT2D eigenvalue weighted by molar-refractivity contribution is 14.0. The monoisotopic (exact) mass is 462 g/mol. The number of rotatable bonds is 9. The van der Waals surface area contributed by atoms with Gasteiger partial charge in [-0.1, -0.05) is 6.92 Å². The summed E-state index contributed by atoms with van der Waals surface area (Å²) in [4.78, 5) is 7.25. The third-order valence-electron chi connectivity index (χ3n) is 4.40. The average molecular weight is 462 g/mol. The number of likely N-dealkylation sites (tertiary alicyclic amines) is 1. The Morgan fingerprint density at radius 3 is 2.88 bits per heavy atom. The van der Waals surface area contributed by atoms with Crippen LogP contribution in [-0.4, -0.2) is 59.9 Å². The van der Waals surface area contributed by atoms with Gasteiger partial charge in [-0.15, -0.1) is 24.0 Å². The lowest BCUT2D eigenvalue weighted by atomic mass is 10.0. The molecule has 1 atom stereocenters. The van der Waals surface area contributed by atoms with Gasteiger partial charge in [0.05, 0.1) is 0 Å². The fourth-order valence-electron chi connectivity index (χ4n) is 3.20. The van der Waals surface area contributed by atoms with Crippen molar-refractivity contribution in [2.24, 2.45) is 10.9 Å². The van der Waals surface area contributed by atoms with Crippen LogP contribution in [0.15, 0.2) is 23.5 Å². The molecule has 0 amide bonds. The predicted octanol–water partition coefficient (Wildman–Crippen LogP) is 2.57. The number of halogens is 1. The first-order chi connectivity index (χ1) is 11.8. The van der Waals surface area contributed by atoms with E-state index >= 15 is 0 Å². The number of aryl methyl sites for hydroxylation is 1. The topological polar surface area (TPSA) is 57.5 Å². The smallest absolute Gasteiger partial charge is 0.191 e. The van der Waals surface area contributed by atoms with Crippen molar-refractivity contribution in [1.29, 1.82) is 0 Å². The molecule has 6 nitrogen and oxygen atoms in total. The average Bonchev–Trinajstić information content (AvgIpc) is 3.09. The summed E-state index contributed by atoms with van der Waals surface area (Å²) in [6.45, 7) is 11.8. The van der Waals surface area contributed by atoms with Gasteiger partial charge in [0.25, 0.3) is 0 Å². The second-order valence-electron chi connectivity index (χ2n) is 6.71. The van der Waals surface area contributed by atoms with E-state index in [1.807, 2.05) is 23.1 Å². The Balaban J connectivity index is 0.00000312. The second-order valence-corrected chi connectivity index (χ2v) is 6.71. The second kappa shape index (κ2) is 13.4. The molecule has 2 rings (SSSR count). The van der Waals surface area contributed by atoms with E-state index in [1.165, 1.54) is 38.9 Å². The van der Waals surface area contributed by atoms with E-state index in [9.17, 15) is 0 Å². The number of nitrogens with zero attached hydrogens (tertiary/aromatic N) is 4. The van der Waals surface area contributed by atoms with Crippen LogP contribution in [0.2, 0.25) is 0 Å². The lowest BCUT2D eigenvalue weighted by Crippen LogP contribution is -2.40. The number of aromatic nitrogens is 2. The Bertz CT molecular complexity index is 462. The fourth-order valence-corrected chi connectivity index (χ4v) is 3.20. The molecule has 7 heteroatoms. The van der Waals surface area contributed by atoms with Crippen molar-refractivity contribution in [3.63, 3.8) is 0 Å². The first-order valence-electron chi connectivity index (χ1n) is 9.50. The molecule has 1 fully saturated rings. The zero-order valence-electron chi connectivity index (χ0n) is 15.8. The van der Waals surface area contributed by atoms with Crippen LogP contribution in [0.25, 0.3) is 0 Å². The van der Waals surface area contributed by atoms with Crippen LogP contribution in [0, 0.1) is 5.92 Å². The minimum absolute atomic E-state index is 0. The standard InChI is InChI=1S/C18H34N6.HI/c1-3-19-18(21-10-6-14-24-15-7-11-22-24)20-9-5-13-23-12-4-8-17(2)16-23;/h7,11,15,17H,3-6,8-10,12-14,16H2,1-2H3,(H2,19,20,21);1H. The summed E-state index contributed by atoms with van der Waals surface area (Å²) in [5.41, 5.74) is 0. The minimum atomic E-state index is 0. The van der Waals surface area contributed by atoms with Gasteiger partial charge in [-0.25, -0.2) is 0 Å². The highest BCUT2D eigenvalue weighted by Gasteiger charge is 2.15. The fraction of sp³-hybridized carbons (Fsp3) is 0.778. The first kappa shape index (κ1) is 22.2. The summed E-state index contributed by atoms with van der Waals surface area (Å²) >= 11 is 0. The zero-order chi connectivity index (χ0) is 17.0. The molecule has 0 aromatic carbocycles. The van der Waals surface area contributed by atoms with Crippen molar-refractivity contribution in [3.05, 3.63) is 18.5 Å². The van der Waals surface area contributed by atoms with E-state index in [4.69, 9.17) is 0 Å². The van der Waals surface area contributed by atoms with Crippen LogP contribution in [0.3, 0.4) is 0 Å². The number of hydrogen-bond acceptors (Lipinski definition) is 3. The van der Waals surface area contributed by atoms with E-state index in [-0.39, 0.29) is 24.0 Å². The lowest BCUT2D eigenvalue weighted by Gasteiger charge is -2.30. The molecule has 1 unspecified atom stereocenters. The van der Waals surface area contributed by atoms with Crippen LogP contribution >= 0.6 is 24.0 Å². The summed E-state index contributed by atoms with van der Waals surface area (Å²) in [6, 6.07) is 1.96. The van der Waals surface area contributed by atoms with Gasteiger partial charge in [0.2, 0.25) is 0 Å². The van der Waals surface area contributed by atoms with Crippen LogP contribution in [0.4, 0.5) is 0 Å². The molecule has 144 valence electrons. The lowest BCUT2D eigenvalue weighted by molar-refractivity contribution is 0.182. The molecule has 1 aromatic heterocycles. The maximum Gasteiger partial charge on any atom is 0.191 e. The molecule has 1 aromatic rings. The molecule has 0 aliphatic carbocycles. The number of guanidine groups is 1. The molecule has 1 aliphatic heterocycles. The van der Waals surface area contributed by atoms with Crippen molar-refractivity contribution >= 4 is 29.9 Å². The number of nitrogens with one attached hydrogen (secondary N) is 2. The predicted molar refractivity (Wildman–Crippen MR) is 116 cm³/mol. The molecule has 1 aliphatic rings. The normalized spacial score (nSPS) is 18.6. The molecule has 2 N–H and O–H groups in total. The maximum absolute atomic E-state index is 4.65. The van der Waals surface area contributed by atoms with Crippen molar-refractivity contribution in [2.75, 3.05) is 39.3 Å². The van der Waals surface area contributed by atoms with E-state index in [0.29, 0.717) is 0 Å². The molecule has 0 bridgehead atoms. The molecule has 2 heterocycles. The Morgan fingerprint density at radius 1 is 1.28 bits per heavy atom. The highest BCUT2D eigenvalue weighted by Crippen LogP contribution is 2.15. The number of aliphatic imine (C=N–C) groups is 1. The number of piperidine rings is 1. The molecule has 25 heavy (non-hydrogen) atoms. The van der Waals surface area contributed by atoms with Gasteiger partial charge in [0, 0.05) is 45.1 Å². The van der Waals surface area contributed by atoms with E-state index in [1.54, 1.807) is 0 Å². The van der Waals surface area contributed by atoms with Crippen LogP contribution in [-0.2, 0) is 6.54 Å². The van der Waals surface area contributed by atoms with Gasteiger partial charge >= 0.3 is 0 Å². The van der Waals surface area contributed by atoms with Gasteiger partial charge in [0.15, 0.2) is 5.96 Å². The molecule has 0 spiro atoms. The number of hydrogen-bond donors (Lipinski definition) is 2. The highest BCUT2D eigenvalue weighted by atomic mass is 127. The van der Waals surface area contributed by atoms with Crippen molar-refractivity contribution < 1.29 is 0 Å². The van der Waals surface area contributed by atoms with Gasteiger partial charge in [0.1, 0.15) is 0 Å². The SMILES string of the molecule is CCNC(=NCCCn1cccn1)NCCCN1CCCC(C)C1.I. The molecule has 0 radical (unpaired) electrons.